The molecule has 1 atom stereocenters. The molecule has 22 heavy (non-hydrogen) atoms. The summed E-state index contributed by atoms with van der Waals surface area (Å²) in [6.45, 7) is 0.299. The molecule has 7 heteroatoms. The van der Waals surface area contributed by atoms with Gasteiger partial charge in [-0.15, -0.1) is 0 Å². The van der Waals surface area contributed by atoms with E-state index in [1.165, 1.54) is 10.5 Å². The average molecular weight is 356 g/mol. The van der Waals surface area contributed by atoms with Crippen LogP contribution in [0.1, 0.15) is 6.42 Å². The Kier molecular flexibility index (Phi) is 5.21. The first kappa shape index (κ1) is 16.9. The molecule has 1 aliphatic carbocycles. The van der Waals surface area contributed by atoms with Gasteiger partial charge in [0, 0.05) is 12.1 Å². The van der Waals surface area contributed by atoms with Crippen molar-refractivity contribution in [1.82, 2.24) is 4.42 Å². The van der Waals surface area contributed by atoms with Gasteiger partial charge in [-0.1, -0.05) is 53.6 Å². The van der Waals surface area contributed by atoms with Gasteiger partial charge >= 0.3 is 0 Å². The van der Waals surface area contributed by atoms with Crippen LogP contribution in [-0.2, 0) is 0 Å². The highest BCUT2D eigenvalue weighted by Gasteiger charge is 2.48. The second-order valence-corrected chi connectivity index (χ2v) is 7.01. The number of para-hydroxylation sites is 1. The topological polar surface area (TPSA) is 62.9 Å². The fourth-order valence-corrected chi connectivity index (χ4v) is 3.42. The third-order valence-corrected chi connectivity index (χ3v) is 4.46. The number of rotatable bonds is 4. The average Bonchev–Trinajstić information content (AvgIpc) is 2.52. The highest BCUT2D eigenvalue weighted by molar-refractivity contribution is 6.49. The number of nitrogens with zero attached hydrogens (tertiary/aromatic N) is 3. The highest BCUT2D eigenvalue weighted by Crippen LogP contribution is 2.45. The zero-order valence-electron chi connectivity index (χ0n) is 11.5. The number of nitriles is 2. The molecular formula is C15H13Cl3N4. The van der Waals surface area contributed by atoms with Crippen LogP contribution in [0.4, 0.5) is 5.69 Å². The van der Waals surface area contributed by atoms with E-state index < -0.39 is 15.8 Å². The van der Waals surface area contributed by atoms with Crippen molar-refractivity contribution in [1.29, 1.82) is 10.5 Å². The molecular weight excluding hydrogens is 343 g/mol. The Balaban J connectivity index is 2.08. The van der Waals surface area contributed by atoms with E-state index in [9.17, 15) is 0 Å². The lowest BCUT2D eigenvalue weighted by atomic mass is 9.79. The van der Waals surface area contributed by atoms with Crippen molar-refractivity contribution >= 4 is 40.7 Å². The lowest BCUT2D eigenvalue weighted by Crippen LogP contribution is -2.47. The number of allylic oxidation sites excluding steroid dienone is 1. The molecule has 0 aromatic heterocycles. The van der Waals surface area contributed by atoms with Gasteiger partial charge in [-0.3, -0.25) is 0 Å². The van der Waals surface area contributed by atoms with Crippen LogP contribution < -0.4 is 5.32 Å². The molecule has 0 bridgehead atoms. The van der Waals surface area contributed by atoms with E-state index in [1.54, 1.807) is 6.08 Å². The summed E-state index contributed by atoms with van der Waals surface area (Å²) in [6.07, 6.45) is 3.11. The zero-order chi connectivity index (χ0) is 16.2. The first-order valence-corrected chi connectivity index (χ1v) is 7.63. The van der Waals surface area contributed by atoms with E-state index in [2.05, 4.69) is 5.32 Å². The standard InChI is InChI=1S/C15H13Cl3N4/c16-15(17)8-14(9-19,10-20)7-6-13(15)22(18)11-21-12-4-2-1-3-5-12/h1-7,13,21H,8,11H2. The second kappa shape index (κ2) is 6.77. The van der Waals surface area contributed by atoms with Crippen molar-refractivity contribution in [3.8, 4) is 12.1 Å². The van der Waals surface area contributed by atoms with Gasteiger partial charge in [0.1, 0.15) is 4.33 Å². The molecule has 2 rings (SSSR count). The minimum Gasteiger partial charge on any atom is -0.371 e. The van der Waals surface area contributed by atoms with E-state index >= 15 is 0 Å². The molecule has 0 saturated carbocycles. The third kappa shape index (κ3) is 3.66. The van der Waals surface area contributed by atoms with Crippen LogP contribution >= 0.6 is 35.0 Å². The summed E-state index contributed by atoms with van der Waals surface area (Å²) in [5, 5.41) is 21.4. The summed E-state index contributed by atoms with van der Waals surface area (Å²) in [6, 6.07) is 12.9. The Morgan fingerprint density at radius 3 is 2.41 bits per heavy atom. The minimum atomic E-state index is -1.33. The monoisotopic (exact) mass is 354 g/mol. The molecule has 1 aliphatic rings. The number of alkyl halides is 2. The van der Waals surface area contributed by atoms with E-state index in [4.69, 9.17) is 45.5 Å². The zero-order valence-corrected chi connectivity index (χ0v) is 13.8. The lowest BCUT2D eigenvalue weighted by molar-refractivity contribution is 0.331. The number of halogens is 3. The number of anilines is 1. The number of benzene rings is 1. The number of hydrogen-bond donors (Lipinski definition) is 1. The Morgan fingerprint density at radius 1 is 1.23 bits per heavy atom. The molecule has 0 saturated heterocycles. The van der Waals surface area contributed by atoms with Gasteiger partial charge in [0.2, 0.25) is 0 Å². The van der Waals surface area contributed by atoms with Crippen molar-refractivity contribution in [2.24, 2.45) is 5.41 Å². The van der Waals surface area contributed by atoms with Gasteiger partial charge in [0.25, 0.3) is 0 Å². The van der Waals surface area contributed by atoms with E-state index in [1.807, 2.05) is 42.5 Å². The number of hydrogen-bond acceptors (Lipinski definition) is 4. The van der Waals surface area contributed by atoms with Crippen molar-refractivity contribution < 1.29 is 0 Å². The quantitative estimate of drug-likeness (QED) is 0.383. The van der Waals surface area contributed by atoms with Crippen LogP contribution in [0.5, 0.6) is 0 Å². The third-order valence-electron chi connectivity index (χ3n) is 3.42. The molecule has 0 heterocycles. The van der Waals surface area contributed by atoms with Crippen LogP contribution in [0, 0.1) is 28.1 Å². The maximum atomic E-state index is 9.15. The smallest absolute Gasteiger partial charge is 0.164 e. The van der Waals surface area contributed by atoms with Crippen LogP contribution in [0.15, 0.2) is 42.5 Å². The minimum absolute atomic E-state index is 0.00810. The summed E-state index contributed by atoms with van der Waals surface area (Å²) in [4.78, 5) is 0. The largest absolute Gasteiger partial charge is 0.371 e. The van der Waals surface area contributed by atoms with Gasteiger partial charge in [-0.2, -0.15) is 14.9 Å². The predicted octanol–water partition coefficient (Wildman–Crippen LogP) is 4.05. The van der Waals surface area contributed by atoms with Crippen molar-refractivity contribution in [3.05, 3.63) is 42.5 Å². The molecule has 114 valence electrons. The maximum absolute atomic E-state index is 9.15. The Bertz CT molecular complexity index is 616. The summed E-state index contributed by atoms with van der Waals surface area (Å²) < 4.78 is 0.0858. The van der Waals surface area contributed by atoms with Gasteiger partial charge in [-0.05, 0) is 23.9 Å². The number of nitrogens with one attached hydrogen (secondary N) is 1. The first-order chi connectivity index (χ1) is 10.4. The predicted molar refractivity (Wildman–Crippen MR) is 88.3 cm³/mol. The molecule has 1 aromatic rings. The van der Waals surface area contributed by atoms with Gasteiger partial charge < -0.3 is 5.32 Å². The van der Waals surface area contributed by atoms with Crippen LogP contribution in [0.3, 0.4) is 0 Å². The lowest BCUT2D eigenvalue weighted by Gasteiger charge is -2.38. The molecule has 4 nitrogen and oxygen atoms in total. The van der Waals surface area contributed by atoms with E-state index in [0.717, 1.165) is 5.69 Å². The molecule has 0 fully saturated rings. The summed E-state index contributed by atoms with van der Waals surface area (Å²) in [5.41, 5.74) is -0.406. The van der Waals surface area contributed by atoms with E-state index in [-0.39, 0.29) is 6.42 Å². The SMILES string of the molecule is N#CC1(C#N)C=CC(N(Cl)CNc2ccccc2)C(Cl)(Cl)C1. The molecule has 0 radical (unpaired) electrons. The normalized spacial score (nSPS) is 21.8. The van der Waals surface area contributed by atoms with Crippen LogP contribution in [0.2, 0.25) is 0 Å². The first-order valence-electron chi connectivity index (χ1n) is 6.53. The molecule has 1 N–H and O–H groups in total. The van der Waals surface area contributed by atoms with Crippen LogP contribution in [0.25, 0.3) is 0 Å². The summed E-state index contributed by atoms with van der Waals surface area (Å²) in [5.74, 6) is 0. The second-order valence-electron chi connectivity index (χ2n) is 5.04. The summed E-state index contributed by atoms with van der Waals surface area (Å²) in [7, 11) is 0. The molecule has 0 spiro atoms. The van der Waals surface area contributed by atoms with E-state index in [0.29, 0.717) is 6.67 Å². The molecule has 1 aromatic carbocycles. The summed E-state index contributed by atoms with van der Waals surface area (Å²) >= 11 is 18.9. The fourth-order valence-electron chi connectivity index (χ4n) is 2.23. The molecule has 0 amide bonds. The van der Waals surface area contributed by atoms with Crippen molar-refractivity contribution in [3.63, 3.8) is 0 Å². The highest BCUT2D eigenvalue weighted by atomic mass is 35.5. The Labute approximate surface area is 144 Å². The Morgan fingerprint density at radius 2 is 1.86 bits per heavy atom. The Hall–Kier alpha value is -1.43. The van der Waals surface area contributed by atoms with Crippen molar-refractivity contribution in [2.75, 3.05) is 12.0 Å². The molecule has 1 unspecified atom stereocenters. The van der Waals surface area contributed by atoms with Gasteiger partial charge in [-0.25, -0.2) is 0 Å². The van der Waals surface area contributed by atoms with Crippen molar-refractivity contribution in [2.45, 2.75) is 16.8 Å². The fraction of sp³-hybridized carbons (Fsp3) is 0.333. The van der Waals surface area contributed by atoms with Gasteiger partial charge in [0.05, 0.1) is 24.8 Å². The maximum Gasteiger partial charge on any atom is 0.164 e. The van der Waals surface area contributed by atoms with Gasteiger partial charge in [0.15, 0.2) is 5.41 Å². The molecule has 0 aliphatic heterocycles. The van der Waals surface area contributed by atoms with Crippen LogP contribution in [-0.4, -0.2) is 21.5 Å².